The van der Waals surface area contributed by atoms with E-state index in [9.17, 15) is 4.79 Å². The van der Waals surface area contributed by atoms with Gasteiger partial charge in [0.15, 0.2) is 0 Å². The van der Waals surface area contributed by atoms with Gasteiger partial charge in [0.1, 0.15) is 11.5 Å². The molecule has 0 fully saturated rings. The molecule has 0 aliphatic carbocycles. The Labute approximate surface area is 158 Å². The lowest BCUT2D eigenvalue weighted by atomic mass is 9.95. The van der Waals surface area contributed by atoms with Gasteiger partial charge in [-0.3, -0.25) is 4.79 Å². The Balaban J connectivity index is 2.38. The Morgan fingerprint density at radius 1 is 1.23 bits per heavy atom. The zero-order chi connectivity index (χ0) is 19.3. The van der Waals surface area contributed by atoms with Crippen molar-refractivity contribution in [2.24, 2.45) is 15.6 Å². The molecular formula is C18H26N6OS. The van der Waals surface area contributed by atoms with Gasteiger partial charge in [0.05, 0.1) is 5.69 Å². The molecule has 8 heteroatoms. The van der Waals surface area contributed by atoms with E-state index < -0.39 is 5.41 Å². The van der Waals surface area contributed by atoms with E-state index in [-0.39, 0.29) is 5.91 Å². The van der Waals surface area contributed by atoms with Gasteiger partial charge < -0.3 is 10.2 Å². The number of benzene rings is 1. The molecule has 1 heterocycles. The van der Waals surface area contributed by atoms with E-state index in [0.717, 1.165) is 18.8 Å². The number of hydrogen-bond donors (Lipinski definition) is 1. The third-order valence-electron chi connectivity index (χ3n) is 3.80. The summed E-state index contributed by atoms with van der Waals surface area (Å²) in [4.78, 5) is 18.9. The van der Waals surface area contributed by atoms with Gasteiger partial charge in [-0.15, -0.1) is 10.2 Å². The third kappa shape index (κ3) is 5.08. The van der Waals surface area contributed by atoms with Crippen molar-refractivity contribution >= 4 is 39.6 Å². The second-order valence-electron chi connectivity index (χ2n) is 6.90. The molecule has 1 aromatic heterocycles. The van der Waals surface area contributed by atoms with Gasteiger partial charge in [-0.25, -0.2) is 4.98 Å². The van der Waals surface area contributed by atoms with Crippen LogP contribution in [0.1, 0.15) is 40.4 Å². The molecule has 0 aliphatic rings. The number of nitrogens with zero attached hydrogens (tertiary/aromatic N) is 5. The maximum absolute atomic E-state index is 12.5. The quantitative estimate of drug-likeness (QED) is 0.714. The van der Waals surface area contributed by atoms with Gasteiger partial charge >= 0.3 is 0 Å². The highest BCUT2D eigenvalue weighted by Crippen LogP contribution is 2.33. The van der Waals surface area contributed by atoms with E-state index in [2.05, 4.69) is 43.7 Å². The van der Waals surface area contributed by atoms with Crippen LogP contribution in [0.25, 0.3) is 0 Å². The molecule has 2 aromatic rings. The van der Waals surface area contributed by atoms with Gasteiger partial charge in [-0.2, -0.15) is 4.37 Å². The minimum Gasteiger partial charge on any atom is -0.372 e. The van der Waals surface area contributed by atoms with Crippen LogP contribution in [0.4, 0.5) is 22.2 Å². The second kappa shape index (κ2) is 8.35. The monoisotopic (exact) mass is 374 g/mol. The Hall–Kier alpha value is -2.35. The van der Waals surface area contributed by atoms with Gasteiger partial charge in [-0.1, -0.05) is 20.8 Å². The first-order valence-electron chi connectivity index (χ1n) is 8.67. The van der Waals surface area contributed by atoms with Gasteiger partial charge in [0.2, 0.25) is 11.0 Å². The summed E-state index contributed by atoms with van der Waals surface area (Å²) in [5.74, 6) is 0.597. The normalized spacial score (nSPS) is 11.8. The van der Waals surface area contributed by atoms with Crippen molar-refractivity contribution in [2.45, 2.75) is 41.5 Å². The van der Waals surface area contributed by atoms with E-state index >= 15 is 0 Å². The maximum Gasteiger partial charge on any atom is 0.249 e. The van der Waals surface area contributed by atoms with Crippen molar-refractivity contribution in [3.05, 3.63) is 24.0 Å². The van der Waals surface area contributed by atoms with Gasteiger partial charge in [0, 0.05) is 35.7 Å². The van der Waals surface area contributed by atoms with Crippen LogP contribution in [0.3, 0.4) is 0 Å². The van der Waals surface area contributed by atoms with E-state index in [1.165, 1.54) is 11.5 Å². The number of carbonyl (C=O) groups is 1. The summed E-state index contributed by atoms with van der Waals surface area (Å²) >= 11 is 1.19. The SMILES string of the molecule is CCN(CC)c1ccc(N=Nc2nc(C)ns2)c(NC(=O)C(C)(C)C)c1. The lowest BCUT2D eigenvalue weighted by Gasteiger charge is -2.23. The highest BCUT2D eigenvalue weighted by atomic mass is 32.1. The van der Waals surface area contributed by atoms with Crippen LogP contribution in [-0.4, -0.2) is 28.4 Å². The van der Waals surface area contributed by atoms with Crippen LogP contribution in [0, 0.1) is 12.3 Å². The lowest BCUT2D eigenvalue weighted by Crippen LogP contribution is -2.28. The van der Waals surface area contributed by atoms with Crippen molar-refractivity contribution < 1.29 is 4.79 Å². The van der Waals surface area contributed by atoms with Crippen LogP contribution in [0.2, 0.25) is 0 Å². The molecule has 0 atom stereocenters. The Kier molecular flexibility index (Phi) is 6.42. The van der Waals surface area contributed by atoms with Crippen LogP contribution in [-0.2, 0) is 4.79 Å². The molecule has 26 heavy (non-hydrogen) atoms. The van der Waals surface area contributed by atoms with E-state index in [1.807, 2.05) is 45.9 Å². The fourth-order valence-electron chi connectivity index (χ4n) is 2.23. The molecule has 0 saturated carbocycles. The number of nitrogens with one attached hydrogen (secondary N) is 1. The van der Waals surface area contributed by atoms with Crippen LogP contribution < -0.4 is 10.2 Å². The first kappa shape index (κ1) is 20.0. The van der Waals surface area contributed by atoms with Crippen molar-refractivity contribution in [3.8, 4) is 0 Å². The standard InChI is InChI=1S/C18H26N6OS/c1-7-24(8-2)13-9-10-14(21-22-17-19-12(3)23-26-17)15(11-13)20-16(25)18(4,5)6/h9-11H,7-8H2,1-6H3,(H,20,25). The molecule has 0 saturated heterocycles. The largest absolute Gasteiger partial charge is 0.372 e. The van der Waals surface area contributed by atoms with Crippen molar-refractivity contribution in [1.29, 1.82) is 0 Å². The predicted octanol–water partition coefficient (Wildman–Crippen LogP) is 5.09. The average molecular weight is 375 g/mol. The summed E-state index contributed by atoms with van der Waals surface area (Å²) in [5.41, 5.74) is 1.76. The number of carbonyl (C=O) groups excluding carboxylic acids is 1. The number of hydrogen-bond acceptors (Lipinski definition) is 7. The highest BCUT2D eigenvalue weighted by molar-refractivity contribution is 7.09. The lowest BCUT2D eigenvalue weighted by molar-refractivity contribution is -0.123. The molecule has 0 radical (unpaired) electrons. The predicted molar refractivity (Wildman–Crippen MR) is 107 cm³/mol. The van der Waals surface area contributed by atoms with E-state index in [0.29, 0.717) is 22.3 Å². The molecule has 140 valence electrons. The van der Waals surface area contributed by atoms with Gasteiger partial charge in [-0.05, 0) is 39.0 Å². The molecule has 7 nitrogen and oxygen atoms in total. The molecule has 0 spiro atoms. The van der Waals surface area contributed by atoms with Crippen LogP contribution in [0.5, 0.6) is 0 Å². The number of amides is 1. The van der Waals surface area contributed by atoms with Crippen LogP contribution >= 0.6 is 11.5 Å². The number of aromatic nitrogens is 2. The summed E-state index contributed by atoms with van der Waals surface area (Å²) < 4.78 is 4.09. The average Bonchev–Trinajstić information content (AvgIpc) is 2.99. The molecular weight excluding hydrogens is 348 g/mol. The molecule has 1 aromatic carbocycles. The smallest absolute Gasteiger partial charge is 0.249 e. The number of rotatable bonds is 6. The fraction of sp³-hybridized carbons (Fsp3) is 0.500. The molecule has 0 unspecified atom stereocenters. The van der Waals surface area contributed by atoms with Crippen LogP contribution in [0.15, 0.2) is 28.4 Å². The van der Waals surface area contributed by atoms with Crippen molar-refractivity contribution in [3.63, 3.8) is 0 Å². The Morgan fingerprint density at radius 3 is 2.46 bits per heavy atom. The first-order valence-corrected chi connectivity index (χ1v) is 9.44. The Morgan fingerprint density at radius 2 is 1.92 bits per heavy atom. The number of anilines is 2. The molecule has 2 rings (SSSR count). The molecule has 0 bridgehead atoms. The minimum absolute atomic E-state index is 0.0718. The second-order valence-corrected chi connectivity index (χ2v) is 7.63. The van der Waals surface area contributed by atoms with E-state index in [4.69, 9.17) is 0 Å². The third-order valence-corrected chi connectivity index (χ3v) is 4.49. The number of azo groups is 1. The molecule has 0 aliphatic heterocycles. The Bertz CT molecular complexity index is 789. The summed E-state index contributed by atoms with van der Waals surface area (Å²) in [6, 6.07) is 5.79. The fourth-order valence-corrected chi connectivity index (χ4v) is 2.73. The number of aryl methyl sites for hydroxylation is 1. The van der Waals surface area contributed by atoms with Crippen molar-refractivity contribution in [1.82, 2.24) is 9.36 Å². The summed E-state index contributed by atoms with van der Waals surface area (Å²) in [6.45, 7) is 13.4. The van der Waals surface area contributed by atoms with Crippen molar-refractivity contribution in [2.75, 3.05) is 23.3 Å². The molecule has 1 amide bonds. The van der Waals surface area contributed by atoms with Gasteiger partial charge in [0.25, 0.3) is 0 Å². The zero-order valence-corrected chi connectivity index (χ0v) is 17.0. The highest BCUT2D eigenvalue weighted by Gasteiger charge is 2.22. The summed E-state index contributed by atoms with van der Waals surface area (Å²) in [6.07, 6.45) is 0. The topological polar surface area (TPSA) is 82.8 Å². The van der Waals surface area contributed by atoms with E-state index in [1.54, 1.807) is 0 Å². The maximum atomic E-state index is 12.5. The molecule has 1 N–H and O–H groups in total. The summed E-state index contributed by atoms with van der Waals surface area (Å²) in [7, 11) is 0. The summed E-state index contributed by atoms with van der Waals surface area (Å²) in [5, 5.41) is 11.9. The first-order chi connectivity index (χ1) is 12.2. The minimum atomic E-state index is -0.504. The zero-order valence-electron chi connectivity index (χ0n) is 16.2.